The molecule has 18 heavy (non-hydrogen) atoms. The summed E-state index contributed by atoms with van der Waals surface area (Å²) in [6.45, 7) is 0. The molecule has 0 amide bonds. The van der Waals surface area contributed by atoms with Gasteiger partial charge in [0, 0.05) is 11.2 Å². The Kier molecular flexibility index (Phi) is 4.59. The zero-order valence-corrected chi connectivity index (χ0v) is 11.2. The van der Waals surface area contributed by atoms with Crippen LogP contribution in [0.15, 0.2) is 28.9 Å². The van der Waals surface area contributed by atoms with Gasteiger partial charge in [-0.3, -0.25) is 0 Å². The molecular weight excluding hydrogens is 271 g/mol. The fourth-order valence-corrected chi connectivity index (χ4v) is 2.83. The van der Waals surface area contributed by atoms with E-state index in [4.69, 9.17) is 4.74 Å². The molecule has 1 aromatic carbocycles. The van der Waals surface area contributed by atoms with Crippen LogP contribution in [0, 0.1) is 0 Å². The minimum Gasteiger partial charge on any atom is -0.497 e. The Balaban J connectivity index is 2.11. The summed E-state index contributed by atoms with van der Waals surface area (Å²) >= 11 is 2.89. The summed E-state index contributed by atoms with van der Waals surface area (Å²) in [6, 6.07) is 5.33. The second kappa shape index (κ2) is 6.19. The van der Waals surface area contributed by atoms with E-state index in [1.54, 1.807) is 23.9 Å². The largest absolute Gasteiger partial charge is 0.497 e. The lowest BCUT2D eigenvalue weighted by atomic mass is 9.79. The molecule has 2 aromatic rings. The maximum absolute atomic E-state index is 9.26. The number of nitrogens with zero attached hydrogens (tertiary/aromatic N) is 2. The zero-order chi connectivity index (χ0) is 13.0. The zero-order valence-electron chi connectivity index (χ0n) is 9.61. The van der Waals surface area contributed by atoms with Gasteiger partial charge in [0.1, 0.15) is 12.1 Å². The second-order valence-corrected chi connectivity index (χ2v) is 5.45. The Labute approximate surface area is 113 Å². The third kappa shape index (κ3) is 3.23. The Morgan fingerprint density at radius 1 is 1.44 bits per heavy atom. The monoisotopic (exact) mass is 282 g/mol. The Bertz CT molecular complexity index is 508. The highest BCUT2D eigenvalue weighted by Crippen LogP contribution is 2.23. The lowest BCUT2D eigenvalue weighted by Gasteiger charge is -2.09. The maximum atomic E-state index is 9.26. The van der Waals surface area contributed by atoms with Crippen LogP contribution >= 0.6 is 23.3 Å². The summed E-state index contributed by atoms with van der Waals surface area (Å²) in [7, 11) is -0.0388. The minimum absolute atomic E-state index is 0.368. The van der Waals surface area contributed by atoms with Gasteiger partial charge in [0.25, 0.3) is 0 Å². The summed E-state index contributed by atoms with van der Waals surface area (Å²) in [5.74, 6) is 1.16. The number of hydrogen-bond donors (Lipinski definition) is 2. The normalized spacial score (nSPS) is 10.4. The van der Waals surface area contributed by atoms with Gasteiger partial charge in [-0.05, 0) is 23.2 Å². The molecule has 0 bridgehead atoms. The topological polar surface area (TPSA) is 75.5 Å². The molecule has 0 saturated heterocycles. The number of hydrogen-bond acceptors (Lipinski definition) is 7. The molecule has 0 aliphatic carbocycles. The fourth-order valence-electron chi connectivity index (χ4n) is 1.45. The molecule has 5 nitrogen and oxygen atoms in total. The van der Waals surface area contributed by atoms with Gasteiger partial charge < -0.3 is 14.8 Å². The first-order valence-corrected chi connectivity index (χ1v) is 6.89. The molecule has 1 heterocycles. The molecule has 0 fully saturated rings. The molecule has 0 aliphatic rings. The SMILES string of the molecule is COc1ccc(CSc2ncns2)cc1B(O)O. The molecular formula is C10H11BN2O3S2. The average Bonchev–Trinajstić information content (AvgIpc) is 2.89. The molecule has 1 aromatic heterocycles. The number of ether oxygens (including phenoxy) is 1. The average molecular weight is 282 g/mol. The standard InChI is InChI=1S/C10H11BN2O3S2/c1-16-9-3-2-7(4-8(9)11(14)15)5-17-10-12-6-13-18-10/h2-4,6,14-15H,5H2,1H3. The van der Waals surface area contributed by atoms with Crippen LogP contribution in [-0.2, 0) is 5.75 Å². The van der Waals surface area contributed by atoms with Crippen molar-refractivity contribution in [1.29, 1.82) is 0 Å². The van der Waals surface area contributed by atoms with Crippen LogP contribution in [0.3, 0.4) is 0 Å². The quantitative estimate of drug-likeness (QED) is 0.615. The molecule has 0 spiro atoms. The second-order valence-electron chi connectivity index (χ2n) is 3.45. The van der Waals surface area contributed by atoms with Crippen LogP contribution in [0.25, 0.3) is 0 Å². The first kappa shape index (κ1) is 13.3. The van der Waals surface area contributed by atoms with Gasteiger partial charge in [-0.1, -0.05) is 23.9 Å². The van der Waals surface area contributed by atoms with Crippen LogP contribution in [0.5, 0.6) is 5.75 Å². The van der Waals surface area contributed by atoms with E-state index in [0.717, 1.165) is 9.90 Å². The van der Waals surface area contributed by atoms with Gasteiger partial charge in [0.2, 0.25) is 0 Å². The van der Waals surface area contributed by atoms with Crippen molar-refractivity contribution < 1.29 is 14.8 Å². The van der Waals surface area contributed by atoms with Crippen LogP contribution < -0.4 is 10.2 Å². The minimum atomic E-state index is -1.54. The maximum Gasteiger partial charge on any atom is 0.492 e. The predicted molar refractivity (Wildman–Crippen MR) is 72.3 cm³/mol. The molecule has 0 radical (unpaired) electrons. The molecule has 94 valence electrons. The van der Waals surface area contributed by atoms with Crippen LogP contribution in [-0.4, -0.2) is 33.6 Å². The van der Waals surface area contributed by atoms with Crippen molar-refractivity contribution in [1.82, 2.24) is 9.36 Å². The molecule has 0 aliphatic heterocycles. The highest BCUT2D eigenvalue weighted by Gasteiger charge is 2.17. The van der Waals surface area contributed by atoms with Gasteiger partial charge in [-0.15, -0.1) is 0 Å². The van der Waals surface area contributed by atoms with E-state index in [1.165, 1.54) is 25.0 Å². The van der Waals surface area contributed by atoms with E-state index in [1.807, 2.05) is 6.07 Å². The van der Waals surface area contributed by atoms with Gasteiger partial charge >= 0.3 is 7.12 Å². The number of rotatable bonds is 5. The lowest BCUT2D eigenvalue weighted by molar-refractivity contribution is 0.403. The fraction of sp³-hybridized carbons (Fsp3) is 0.200. The van der Waals surface area contributed by atoms with E-state index in [0.29, 0.717) is 17.0 Å². The highest BCUT2D eigenvalue weighted by atomic mass is 32.2. The van der Waals surface area contributed by atoms with Crippen LogP contribution in [0.1, 0.15) is 5.56 Å². The number of methoxy groups -OCH3 is 1. The Hall–Kier alpha value is -1.09. The summed E-state index contributed by atoms with van der Waals surface area (Å²) in [5, 5.41) is 18.5. The number of benzene rings is 1. The predicted octanol–water partition coefficient (Wildman–Crippen LogP) is 0.519. The Morgan fingerprint density at radius 2 is 2.28 bits per heavy atom. The van der Waals surface area contributed by atoms with Crippen molar-refractivity contribution in [2.75, 3.05) is 7.11 Å². The van der Waals surface area contributed by atoms with Gasteiger partial charge in [0.15, 0.2) is 4.34 Å². The lowest BCUT2D eigenvalue weighted by Crippen LogP contribution is -2.31. The Morgan fingerprint density at radius 3 is 2.89 bits per heavy atom. The van der Waals surface area contributed by atoms with Crippen molar-refractivity contribution in [3.63, 3.8) is 0 Å². The van der Waals surface area contributed by atoms with Gasteiger partial charge in [-0.2, -0.15) is 4.37 Å². The number of aromatic nitrogens is 2. The van der Waals surface area contributed by atoms with Crippen molar-refractivity contribution >= 4 is 35.9 Å². The third-order valence-corrected chi connectivity index (χ3v) is 4.14. The van der Waals surface area contributed by atoms with E-state index >= 15 is 0 Å². The molecule has 2 rings (SSSR count). The van der Waals surface area contributed by atoms with Crippen LogP contribution in [0.4, 0.5) is 0 Å². The van der Waals surface area contributed by atoms with Crippen molar-refractivity contribution in [2.24, 2.45) is 0 Å². The molecule has 0 unspecified atom stereocenters. The third-order valence-electron chi connectivity index (χ3n) is 2.28. The molecule has 0 saturated carbocycles. The van der Waals surface area contributed by atoms with E-state index in [-0.39, 0.29) is 0 Å². The first-order valence-electron chi connectivity index (χ1n) is 5.13. The molecule has 0 atom stereocenters. The summed E-state index contributed by atoms with van der Waals surface area (Å²) in [5.41, 5.74) is 1.34. The molecule has 8 heteroatoms. The summed E-state index contributed by atoms with van der Waals surface area (Å²) < 4.78 is 9.87. The first-order chi connectivity index (χ1) is 8.70. The van der Waals surface area contributed by atoms with E-state index < -0.39 is 7.12 Å². The van der Waals surface area contributed by atoms with Crippen molar-refractivity contribution in [3.05, 3.63) is 30.1 Å². The number of thioether (sulfide) groups is 1. The van der Waals surface area contributed by atoms with Gasteiger partial charge in [0.05, 0.1) is 7.11 Å². The highest BCUT2D eigenvalue weighted by molar-refractivity contribution is 8.00. The molecule has 2 N–H and O–H groups in total. The van der Waals surface area contributed by atoms with Crippen molar-refractivity contribution in [2.45, 2.75) is 10.1 Å². The van der Waals surface area contributed by atoms with Crippen molar-refractivity contribution in [3.8, 4) is 5.75 Å². The van der Waals surface area contributed by atoms with Gasteiger partial charge in [-0.25, -0.2) is 4.98 Å². The van der Waals surface area contributed by atoms with E-state index in [9.17, 15) is 10.0 Å². The van der Waals surface area contributed by atoms with E-state index in [2.05, 4.69) is 9.36 Å². The smallest absolute Gasteiger partial charge is 0.492 e. The summed E-state index contributed by atoms with van der Waals surface area (Å²) in [6.07, 6.45) is 1.52. The summed E-state index contributed by atoms with van der Waals surface area (Å²) in [4.78, 5) is 4.07. The van der Waals surface area contributed by atoms with Crippen LogP contribution in [0.2, 0.25) is 0 Å².